The van der Waals surface area contributed by atoms with Crippen molar-refractivity contribution >= 4 is 5.82 Å². The molecule has 2 aromatic heterocycles. The Hall–Kier alpha value is -2.24. The highest BCUT2D eigenvalue weighted by Crippen LogP contribution is 2.28. The molecule has 1 aliphatic rings. The first-order chi connectivity index (χ1) is 10.6. The fourth-order valence-corrected chi connectivity index (χ4v) is 2.93. The molecule has 0 unspecified atom stereocenters. The molecule has 0 spiro atoms. The van der Waals surface area contributed by atoms with Crippen molar-refractivity contribution in [3.05, 3.63) is 46.0 Å². The van der Waals surface area contributed by atoms with Gasteiger partial charge in [0.2, 0.25) is 0 Å². The number of aryl methyl sites for hydroxylation is 2. The van der Waals surface area contributed by atoms with Crippen molar-refractivity contribution in [3.63, 3.8) is 0 Å². The minimum atomic E-state index is -0.00795. The molecule has 1 fully saturated rings. The molecule has 1 aliphatic carbocycles. The maximum atomic E-state index is 11.9. The van der Waals surface area contributed by atoms with Gasteiger partial charge in [0.25, 0.3) is 5.56 Å². The van der Waals surface area contributed by atoms with E-state index in [4.69, 9.17) is 0 Å². The molecule has 0 atom stereocenters. The van der Waals surface area contributed by atoms with Crippen molar-refractivity contribution in [2.45, 2.75) is 51.6 Å². The average molecular weight is 299 g/mol. The zero-order chi connectivity index (χ0) is 15.5. The Morgan fingerprint density at radius 3 is 2.41 bits per heavy atom. The van der Waals surface area contributed by atoms with E-state index in [1.807, 2.05) is 26.0 Å². The van der Waals surface area contributed by atoms with Gasteiger partial charge in [-0.1, -0.05) is 0 Å². The number of hydrogen-bond acceptors (Lipinski definition) is 5. The van der Waals surface area contributed by atoms with E-state index in [-0.39, 0.29) is 11.6 Å². The molecule has 1 saturated carbocycles. The van der Waals surface area contributed by atoms with Crippen LogP contribution < -0.4 is 10.9 Å². The van der Waals surface area contributed by atoms with E-state index in [1.165, 1.54) is 0 Å². The lowest BCUT2D eigenvalue weighted by Crippen LogP contribution is -2.33. The Morgan fingerprint density at radius 1 is 1.00 bits per heavy atom. The summed E-state index contributed by atoms with van der Waals surface area (Å²) >= 11 is 0. The Kier molecular flexibility index (Phi) is 4.18. The summed E-state index contributed by atoms with van der Waals surface area (Å²) in [6.07, 6.45) is 3.91. The van der Waals surface area contributed by atoms with Crippen LogP contribution in [0.3, 0.4) is 0 Å². The smallest absolute Gasteiger partial charge is 0.267 e. The normalized spacial score (nSPS) is 21.5. The van der Waals surface area contributed by atoms with Crippen LogP contribution in [0.15, 0.2) is 29.1 Å². The summed E-state index contributed by atoms with van der Waals surface area (Å²) in [5, 5.41) is 16.0. The van der Waals surface area contributed by atoms with E-state index in [2.05, 4.69) is 20.6 Å². The summed E-state index contributed by atoms with van der Waals surface area (Å²) in [5.41, 5.74) is 1.79. The maximum absolute atomic E-state index is 11.9. The molecule has 0 aliphatic heterocycles. The first-order valence-electron chi connectivity index (χ1n) is 7.75. The molecule has 0 saturated heterocycles. The predicted octanol–water partition coefficient (Wildman–Crippen LogP) is 2.25. The number of anilines is 1. The lowest BCUT2D eigenvalue weighted by Gasteiger charge is -2.29. The molecule has 0 radical (unpaired) electrons. The van der Waals surface area contributed by atoms with E-state index < -0.39 is 0 Å². The topological polar surface area (TPSA) is 72.7 Å². The SMILES string of the molecule is Cc1ccc(NC2CCC(n3nc(C)ccc3=O)CC2)nn1. The molecule has 22 heavy (non-hydrogen) atoms. The Bertz CT molecular complexity index is 686. The van der Waals surface area contributed by atoms with Crippen molar-refractivity contribution in [3.8, 4) is 0 Å². The lowest BCUT2D eigenvalue weighted by atomic mass is 9.91. The van der Waals surface area contributed by atoms with Gasteiger partial charge in [0.05, 0.1) is 17.4 Å². The van der Waals surface area contributed by atoms with Gasteiger partial charge in [-0.25, -0.2) is 4.68 Å². The van der Waals surface area contributed by atoms with Gasteiger partial charge in [0.15, 0.2) is 0 Å². The molecule has 0 aromatic carbocycles. The molecular weight excluding hydrogens is 278 g/mol. The highest BCUT2D eigenvalue weighted by Gasteiger charge is 2.23. The van der Waals surface area contributed by atoms with Crippen molar-refractivity contribution in [2.75, 3.05) is 5.32 Å². The molecule has 116 valence electrons. The number of rotatable bonds is 3. The molecule has 0 bridgehead atoms. The van der Waals surface area contributed by atoms with Crippen molar-refractivity contribution in [2.24, 2.45) is 0 Å². The van der Waals surface area contributed by atoms with Crippen molar-refractivity contribution in [1.29, 1.82) is 0 Å². The maximum Gasteiger partial charge on any atom is 0.267 e. The third-order valence-corrected chi connectivity index (χ3v) is 4.15. The van der Waals surface area contributed by atoms with Crippen LogP contribution in [0.4, 0.5) is 5.82 Å². The van der Waals surface area contributed by atoms with Crippen LogP contribution in [-0.2, 0) is 0 Å². The van der Waals surface area contributed by atoms with Crippen molar-refractivity contribution < 1.29 is 0 Å². The molecule has 2 heterocycles. The number of nitrogens with zero attached hydrogens (tertiary/aromatic N) is 4. The summed E-state index contributed by atoms with van der Waals surface area (Å²) in [6, 6.07) is 7.87. The van der Waals surface area contributed by atoms with E-state index >= 15 is 0 Å². The Balaban J connectivity index is 1.61. The monoisotopic (exact) mass is 299 g/mol. The minimum absolute atomic E-state index is 0.00795. The van der Waals surface area contributed by atoms with E-state index in [9.17, 15) is 4.79 Å². The first kappa shape index (κ1) is 14.7. The highest BCUT2D eigenvalue weighted by atomic mass is 16.1. The summed E-state index contributed by atoms with van der Waals surface area (Å²) in [6.45, 7) is 3.84. The van der Waals surface area contributed by atoms with Gasteiger partial charge >= 0.3 is 0 Å². The van der Waals surface area contributed by atoms with E-state index in [0.29, 0.717) is 6.04 Å². The predicted molar refractivity (Wildman–Crippen MR) is 84.9 cm³/mol. The van der Waals surface area contributed by atoms with Crippen LogP contribution in [0.25, 0.3) is 0 Å². The Morgan fingerprint density at radius 2 is 1.73 bits per heavy atom. The zero-order valence-corrected chi connectivity index (χ0v) is 13.0. The summed E-state index contributed by atoms with van der Waals surface area (Å²) in [7, 11) is 0. The second-order valence-corrected chi connectivity index (χ2v) is 5.97. The number of hydrogen-bond donors (Lipinski definition) is 1. The largest absolute Gasteiger partial charge is 0.366 e. The van der Waals surface area contributed by atoms with Gasteiger partial charge in [0.1, 0.15) is 5.82 Å². The molecule has 6 nitrogen and oxygen atoms in total. The van der Waals surface area contributed by atoms with Crippen LogP contribution >= 0.6 is 0 Å². The van der Waals surface area contributed by atoms with Gasteiger partial charge in [-0.05, 0) is 57.7 Å². The fraction of sp³-hybridized carbons (Fsp3) is 0.500. The highest BCUT2D eigenvalue weighted by molar-refractivity contribution is 5.34. The van der Waals surface area contributed by atoms with Crippen LogP contribution in [-0.4, -0.2) is 26.0 Å². The van der Waals surface area contributed by atoms with E-state index in [0.717, 1.165) is 42.9 Å². The quantitative estimate of drug-likeness (QED) is 0.941. The third-order valence-electron chi connectivity index (χ3n) is 4.15. The van der Waals surface area contributed by atoms with Crippen LogP contribution in [0.5, 0.6) is 0 Å². The van der Waals surface area contributed by atoms with Gasteiger partial charge in [0, 0.05) is 12.1 Å². The molecule has 3 rings (SSSR count). The fourth-order valence-electron chi connectivity index (χ4n) is 2.93. The number of nitrogens with one attached hydrogen (secondary N) is 1. The van der Waals surface area contributed by atoms with Gasteiger partial charge < -0.3 is 5.32 Å². The average Bonchev–Trinajstić information content (AvgIpc) is 2.53. The summed E-state index contributed by atoms with van der Waals surface area (Å²) in [5.74, 6) is 0.819. The van der Waals surface area contributed by atoms with E-state index in [1.54, 1.807) is 16.8 Å². The third kappa shape index (κ3) is 3.32. The summed E-state index contributed by atoms with van der Waals surface area (Å²) in [4.78, 5) is 11.9. The van der Waals surface area contributed by atoms with Crippen LogP contribution in [0, 0.1) is 13.8 Å². The second-order valence-electron chi connectivity index (χ2n) is 5.97. The van der Waals surface area contributed by atoms with Crippen LogP contribution in [0.1, 0.15) is 43.1 Å². The lowest BCUT2D eigenvalue weighted by molar-refractivity contribution is 0.302. The van der Waals surface area contributed by atoms with Crippen LogP contribution in [0.2, 0.25) is 0 Å². The van der Waals surface area contributed by atoms with Gasteiger partial charge in [-0.2, -0.15) is 10.2 Å². The molecule has 0 amide bonds. The number of aromatic nitrogens is 4. The van der Waals surface area contributed by atoms with Gasteiger partial charge in [-0.15, -0.1) is 5.10 Å². The minimum Gasteiger partial charge on any atom is -0.366 e. The molecule has 2 aromatic rings. The van der Waals surface area contributed by atoms with Gasteiger partial charge in [-0.3, -0.25) is 4.79 Å². The zero-order valence-electron chi connectivity index (χ0n) is 13.0. The Labute approximate surface area is 129 Å². The molecular formula is C16H21N5O. The first-order valence-corrected chi connectivity index (χ1v) is 7.75. The molecule has 1 N–H and O–H groups in total. The molecule has 6 heteroatoms. The van der Waals surface area contributed by atoms with Crippen molar-refractivity contribution in [1.82, 2.24) is 20.0 Å². The second kappa shape index (κ2) is 6.25. The standard InChI is InChI=1S/C16H21N5O/c1-11-3-9-15(19-18-11)17-13-5-7-14(8-6-13)21-16(22)10-4-12(2)20-21/h3-4,9-10,13-14H,5-8H2,1-2H3,(H,17,19). The summed E-state index contributed by atoms with van der Waals surface area (Å²) < 4.78 is 1.65.